The maximum atomic E-state index is 12.4. The van der Waals surface area contributed by atoms with Crippen molar-refractivity contribution in [3.05, 3.63) is 98.9 Å². The summed E-state index contributed by atoms with van der Waals surface area (Å²) in [5.74, 6) is -0.291. The standard InChI is InChI=1S/C20H17ClN2O2/c1-14-5-2-3-6-15(14)12-23-13-16(9-10-19(23)24)20(25)22-18-8-4-7-17(21)11-18/h2-11,13H,12H2,1H3,(H,22,25). The number of benzene rings is 2. The van der Waals surface area contributed by atoms with E-state index in [4.69, 9.17) is 11.6 Å². The van der Waals surface area contributed by atoms with Gasteiger partial charge in [0.2, 0.25) is 0 Å². The highest BCUT2D eigenvalue weighted by Crippen LogP contribution is 2.16. The first-order valence-corrected chi connectivity index (χ1v) is 8.22. The molecule has 0 saturated heterocycles. The van der Waals surface area contributed by atoms with Gasteiger partial charge in [0.25, 0.3) is 11.5 Å². The topological polar surface area (TPSA) is 51.1 Å². The van der Waals surface area contributed by atoms with Crippen molar-refractivity contribution in [2.45, 2.75) is 13.5 Å². The van der Waals surface area contributed by atoms with E-state index < -0.39 is 0 Å². The lowest BCUT2D eigenvalue weighted by molar-refractivity contribution is 0.102. The molecule has 0 spiro atoms. The van der Waals surface area contributed by atoms with Crippen LogP contribution in [0.3, 0.4) is 0 Å². The molecule has 0 aliphatic carbocycles. The molecule has 3 aromatic rings. The summed E-state index contributed by atoms with van der Waals surface area (Å²) in [6.07, 6.45) is 1.58. The molecule has 5 heteroatoms. The van der Waals surface area contributed by atoms with Gasteiger partial charge in [0.1, 0.15) is 0 Å². The molecule has 25 heavy (non-hydrogen) atoms. The van der Waals surface area contributed by atoms with E-state index in [1.54, 1.807) is 30.5 Å². The molecular weight excluding hydrogens is 336 g/mol. The maximum absolute atomic E-state index is 12.4. The molecule has 0 saturated carbocycles. The Morgan fingerprint density at radius 3 is 2.64 bits per heavy atom. The van der Waals surface area contributed by atoms with E-state index >= 15 is 0 Å². The third-order valence-electron chi connectivity index (χ3n) is 3.93. The van der Waals surface area contributed by atoms with Crippen molar-refractivity contribution in [1.29, 1.82) is 0 Å². The molecule has 0 fully saturated rings. The minimum absolute atomic E-state index is 0.150. The molecule has 0 aliphatic rings. The van der Waals surface area contributed by atoms with Gasteiger partial charge in [0, 0.05) is 23.0 Å². The number of carbonyl (C=O) groups is 1. The fourth-order valence-electron chi connectivity index (χ4n) is 2.53. The van der Waals surface area contributed by atoms with E-state index in [-0.39, 0.29) is 11.5 Å². The quantitative estimate of drug-likeness (QED) is 0.768. The van der Waals surface area contributed by atoms with E-state index in [2.05, 4.69) is 5.32 Å². The Morgan fingerprint density at radius 2 is 1.88 bits per heavy atom. The number of aromatic nitrogens is 1. The Labute approximate surface area is 150 Å². The molecule has 1 N–H and O–H groups in total. The fourth-order valence-corrected chi connectivity index (χ4v) is 2.72. The van der Waals surface area contributed by atoms with Gasteiger partial charge in [-0.15, -0.1) is 0 Å². The van der Waals surface area contributed by atoms with Gasteiger partial charge in [-0.2, -0.15) is 0 Å². The highest BCUT2D eigenvalue weighted by molar-refractivity contribution is 6.30. The molecule has 1 amide bonds. The van der Waals surface area contributed by atoms with E-state index in [9.17, 15) is 9.59 Å². The van der Waals surface area contributed by atoms with Gasteiger partial charge in [0.15, 0.2) is 0 Å². The number of nitrogens with zero attached hydrogens (tertiary/aromatic N) is 1. The van der Waals surface area contributed by atoms with Crippen molar-refractivity contribution in [2.75, 3.05) is 5.32 Å². The number of amides is 1. The number of nitrogens with one attached hydrogen (secondary N) is 1. The van der Waals surface area contributed by atoms with Gasteiger partial charge in [0.05, 0.1) is 12.1 Å². The zero-order chi connectivity index (χ0) is 17.8. The number of halogens is 1. The maximum Gasteiger partial charge on any atom is 0.257 e. The van der Waals surface area contributed by atoms with Crippen molar-refractivity contribution in [3.8, 4) is 0 Å². The minimum atomic E-state index is -0.291. The molecule has 126 valence electrons. The van der Waals surface area contributed by atoms with Gasteiger partial charge in [-0.1, -0.05) is 41.9 Å². The fraction of sp³-hybridized carbons (Fsp3) is 0.100. The molecule has 3 rings (SSSR count). The summed E-state index contributed by atoms with van der Waals surface area (Å²) >= 11 is 5.93. The average Bonchev–Trinajstić information content (AvgIpc) is 2.58. The van der Waals surface area contributed by atoms with E-state index in [1.165, 1.54) is 16.7 Å². The van der Waals surface area contributed by atoms with Gasteiger partial charge in [-0.05, 0) is 42.3 Å². The summed E-state index contributed by atoms with van der Waals surface area (Å²) in [7, 11) is 0. The van der Waals surface area contributed by atoms with Crippen LogP contribution in [0.25, 0.3) is 0 Å². The third kappa shape index (κ3) is 4.17. The second-order valence-corrected chi connectivity index (χ2v) is 6.21. The molecule has 0 atom stereocenters. The summed E-state index contributed by atoms with van der Waals surface area (Å²) in [5, 5.41) is 3.33. The van der Waals surface area contributed by atoms with Crippen LogP contribution in [0, 0.1) is 6.92 Å². The largest absolute Gasteiger partial charge is 0.322 e. The SMILES string of the molecule is Cc1ccccc1Cn1cc(C(=O)Nc2cccc(Cl)c2)ccc1=O. The number of carbonyl (C=O) groups excluding carboxylic acids is 1. The number of anilines is 1. The molecule has 4 nitrogen and oxygen atoms in total. The lowest BCUT2D eigenvalue weighted by Crippen LogP contribution is -2.22. The Morgan fingerprint density at radius 1 is 1.08 bits per heavy atom. The summed E-state index contributed by atoms with van der Waals surface area (Å²) in [6, 6.07) is 17.7. The van der Waals surface area contributed by atoms with Crippen LogP contribution >= 0.6 is 11.6 Å². The van der Waals surface area contributed by atoms with Crippen LogP contribution in [0.1, 0.15) is 21.5 Å². The monoisotopic (exact) mass is 352 g/mol. The van der Waals surface area contributed by atoms with Gasteiger partial charge < -0.3 is 9.88 Å². The van der Waals surface area contributed by atoms with Crippen LogP contribution in [-0.4, -0.2) is 10.5 Å². The van der Waals surface area contributed by atoms with Crippen LogP contribution in [0.15, 0.2) is 71.7 Å². The highest BCUT2D eigenvalue weighted by Gasteiger charge is 2.09. The summed E-state index contributed by atoms with van der Waals surface area (Å²) < 4.78 is 1.54. The summed E-state index contributed by atoms with van der Waals surface area (Å²) in [5.41, 5.74) is 3.00. The Balaban J connectivity index is 1.85. The Bertz CT molecular complexity index is 979. The lowest BCUT2D eigenvalue weighted by Gasteiger charge is -2.11. The highest BCUT2D eigenvalue weighted by atomic mass is 35.5. The number of hydrogen-bond acceptors (Lipinski definition) is 2. The molecule has 1 aromatic heterocycles. The number of pyridine rings is 1. The smallest absolute Gasteiger partial charge is 0.257 e. The van der Waals surface area contributed by atoms with Crippen LogP contribution < -0.4 is 10.9 Å². The van der Waals surface area contributed by atoms with Crippen molar-refractivity contribution in [3.63, 3.8) is 0 Å². The predicted octanol–water partition coefficient (Wildman–Crippen LogP) is 4.11. The molecule has 0 unspecified atom stereocenters. The number of hydrogen-bond donors (Lipinski definition) is 1. The molecule has 0 aliphatic heterocycles. The van der Waals surface area contributed by atoms with Gasteiger partial charge in [-0.25, -0.2) is 0 Å². The first-order chi connectivity index (χ1) is 12.0. The molecule has 2 aromatic carbocycles. The second kappa shape index (κ2) is 7.36. The van der Waals surface area contributed by atoms with Crippen LogP contribution in [0.2, 0.25) is 5.02 Å². The minimum Gasteiger partial charge on any atom is -0.322 e. The first-order valence-electron chi connectivity index (χ1n) is 7.85. The number of aryl methyl sites for hydroxylation is 1. The van der Waals surface area contributed by atoms with E-state index in [0.717, 1.165) is 11.1 Å². The van der Waals surface area contributed by atoms with Crippen LogP contribution in [0.4, 0.5) is 5.69 Å². The number of rotatable bonds is 4. The summed E-state index contributed by atoms with van der Waals surface area (Å²) in [4.78, 5) is 24.6. The van der Waals surface area contributed by atoms with Crippen LogP contribution in [-0.2, 0) is 6.54 Å². The van der Waals surface area contributed by atoms with Crippen molar-refractivity contribution >= 4 is 23.2 Å². The second-order valence-electron chi connectivity index (χ2n) is 5.77. The molecular formula is C20H17ClN2O2. The van der Waals surface area contributed by atoms with Crippen LogP contribution in [0.5, 0.6) is 0 Å². The van der Waals surface area contributed by atoms with E-state index in [0.29, 0.717) is 22.8 Å². The molecule has 0 bridgehead atoms. The molecule has 1 heterocycles. The van der Waals surface area contributed by atoms with Gasteiger partial charge >= 0.3 is 0 Å². The van der Waals surface area contributed by atoms with Gasteiger partial charge in [-0.3, -0.25) is 9.59 Å². The van der Waals surface area contributed by atoms with E-state index in [1.807, 2.05) is 31.2 Å². The first kappa shape index (κ1) is 17.0. The van der Waals surface area contributed by atoms with Crippen molar-refractivity contribution in [1.82, 2.24) is 4.57 Å². The van der Waals surface area contributed by atoms with Crippen molar-refractivity contribution in [2.24, 2.45) is 0 Å². The average molecular weight is 353 g/mol. The zero-order valence-corrected chi connectivity index (χ0v) is 14.5. The normalized spacial score (nSPS) is 10.5. The third-order valence-corrected chi connectivity index (χ3v) is 4.17. The molecule has 0 radical (unpaired) electrons. The predicted molar refractivity (Wildman–Crippen MR) is 100 cm³/mol. The zero-order valence-electron chi connectivity index (χ0n) is 13.7. The summed E-state index contributed by atoms with van der Waals surface area (Å²) in [6.45, 7) is 2.42. The van der Waals surface area contributed by atoms with Crippen molar-refractivity contribution < 1.29 is 4.79 Å². The Kier molecular flexibility index (Phi) is 5.00. The Hall–Kier alpha value is -2.85. The lowest BCUT2D eigenvalue weighted by atomic mass is 10.1.